The number of carbonyl (C=O) groups is 2. The van der Waals surface area contributed by atoms with Crippen molar-refractivity contribution in [3.63, 3.8) is 0 Å². The number of rotatable bonds is 5. The summed E-state index contributed by atoms with van der Waals surface area (Å²) in [5, 5.41) is 0. The van der Waals surface area contributed by atoms with Crippen LogP contribution in [-0.2, 0) is 20.9 Å². The van der Waals surface area contributed by atoms with Gasteiger partial charge in [-0.3, -0.25) is 9.59 Å². The maximum Gasteiger partial charge on any atom is 0.325 e. The molecule has 1 aliphatic rings. The van der Waals surface area contributed by atoms with Gasteiger partial charge in [0.05, 0.1) is 17.3 Å². The number of fused-ring (bicyclic) bond motifs is 1. The van der Waals surface area contributed by atoms with Crippen molar-refractivity contribution in [1.82, 2.24) is 4.57 Å². The number of methoxy groups -OCH3 is 1. The smallest absolute Gasteiger partial charge is 0.325 e. The van der Waals surface area contributed by atoms with Crippen LogP contribution < -0.4 is 4.80 Å². The lowest BCUT2D eigenvalue weighted by atomic mass is 9.86. The highest BCUT2D eigenvalue weighted by molar-refractivity contribution is 7.16. The van der Waals surface area contributed by atoms with Crippen LogP contribution in [0.3, 0.4) is 0 Å². The third kappa shape index (κ3) is 4.58. The van der Waals surface area contributed by atoms with E-state index in [4.69, 9.17) is 4.74 Å². The Morgan fingerprint density at radius 1 is 1.31 bits per heavy atom. The standard InChI is InChI=1S/C19H23FN2O3S/c1-25-18(24)12-22-15-9-8-14(20)11-16(15)26-19(22)21-17(23)10-7-13-5-3-2-4-6-13/h8-9,11,13H,2-7,10,12H2,1H3. The molecule has 1 amide bonds. The molecule has 26 heavy (non-hydrogen) atoms. The van der Waals surface area contributed by atoms with Gasteiger partial charge < -0.3 is 9.30 Å². The Kier molecular flexibility index (Phi) is 6.19. The number of hydrogen-bond acceptors (Lipinski definition) is 4. The molecule has 1 aromatic heterocycles. The van der Waals surface area contributed by atoms with Crippen molar-refractivity contribution in [2.24, 2.45) is 10.9 Å². The molecule has 3 rings (SSSR count). The predicted molar refractivity (Wildman–Crippen MR) is 98.2 cm³/mol. The molecule has 1 heterocycles. The second-order valence-corrected chi connectivity index (χ2v) is 7.72. The van der Waals surface area contributed by atoms with Gasteiger partial charge in [0.25, 0.3) is 0 Å². The number of ether oxygens (including phenoxy) is 1. The van der Waals surface area contributed by atoms with Crippen LogP contribution in [0.2, 0.25) is 0 Å². The number of carbonyl (C=O) groups excluding carboxylic acids is 2. The minimum absolute atomic E-state index is 0.0587. The number of hydrogen-bond donors (Lipinski definition) is 0. The predicted octanol–water partition coefficient (Wildman–Crippen LogP) is 3.80. The summed E-state index contributed by atoms with van der Waals surface area (Å²) in [5.41, 5.74) is 0.667. The Morgan fingerprint density at radius 3 is 2.81 bits per heavy atom. The zero-order chi connectivity index (χ0) is 18.5. The summed E-state index contributed by atoms with van der Waals surface area (Å²) in [5.74, 6) is -0.382. The molecule has 0 radical (unpaired) electrons. The lowest BCUT2D eigenvalue weighted by Crippen LogP contribution is -2.22. The van der Waals surface area contributed by atoms with E-state index in [1.165, 1.54) is 62.7 Å². The first-order valence-electron chi connectivity index (χ1n) is 9.00. The summed E-state index contributed by atoms with van der Waals surface area (Å²) in [6.45, 7) is -0.0587. The summed E-state index contributed by atoms with van der Waals surface area (Å²) in [4.78, 5) is 28.7. The summed E-state index contributed by atoms with van der Waals surface area (Å²) in [7, 11) is 1.31. The van der Waals surface area contributed by atoms with Crippen LogP contribution >= 0.6 is 11.3 Å². The molecule has 0 atom stereocenters. The average molecular weight is 378 g/mol. The SMILES string of the molecule is COC(=O)Cn1c(=NC(=O)CCC2CCCCC2)sc2cc(F)ccc21. The summed E-state index contributed by atoms with van der Waals surface area (Å²) in [6.07, 6.45) is 7.44. The maximum atomic E-state index is 13.5. The molecule has 1 aliphatic carbocycles. The van der Waals surface area contributed by atoms with E-state index in [1.807, 2.05) is 0 Å². The molecule has 0 bridgehead atoms. The number of nitrogens with zero attached hydrogens (tertiary/aromatic N) is 2. The molecule has 0 unspecified atom stereocenters. The van der Waals surface area contributed by atoms with E-state index >= 15 is 0 Å². The van der Waals surface area contributed by atoms with Gasteiger partial charge in [-0.25, -0.2) is 4.39 Å². The van der Waals surface area contributed by atoms with Gasteiger partial charge in [-0.05, 0) is 30.5 Å². The minimum Gasteiger partial charge on any atom is -0.468 e. The lowest BCUT2D eigenvalue weighted by molar-refractivity contribution is -0.141. The molecule has 7 heteroatoms. The number of amides is 1. The van der Waals surface area contributed by atoms with E-state index in [0.717, 1.165) is 6.42 Å². The van der Waals surface area contributed by atoms with Gasteiger partial charge in [0.1, 0.15) is 12.4 Å². The zero-order valence-electron chi connectivity index (χ0n) is 14.9. The van der Waals surface area contributed by atoms with Gasteiger partial charge >= 0.3 is 5.97 Å². The van der Waals surface area contributed by atoms with Crippen molar-refractivity contribution in [3.05, 3.63) is 28.8 Å². The average Bonchev–Trinajstić information content (AvgIpc) is 2.96. The molecule has 0 N–H and O–H groups in total. The van der Waals surface area contributed by atoms with Crippen LogP contribution in [0.25, 0.3) is 10.2 Å². The van der Waals surface area contributed by atoms with Gasteiger partial charge in [-0.15, -0.1) is 0 Å². The number of benzene rings is 1. The highest BCUT2D eigenvalue weighted by Crippen LogP contribution is 2.27. The molecule has 1 saturated carbocycles. The molecule has 2 aromatic rings. The Bertz CT molecular complexity index is 865. The normalized spacial score (nSPS) is 16.2. The lowest BCUT2D eigenvalue weighted by Gasteiger charge is -2.20. The van der Waals surface area contributed by atoms with E-state index in [0.29, 0.717) is 27.4 Å². The molecule has 5 nitrogen and oxygen atoms in total. The largest absolute Gasteiger partial charge is 0.468 e. The van der Waals surface area contributed by atoms with Crippen molar-refractivity contribution >= 4 is 33.4 Å². The fraction of sp³-hybridized carbons (Fsp3) is 0.526. The first-order chi connectivity index (χ1) is 12.6. The van der Waals surface area contributed by atoms with Gasteiger partial charge in [-0.2, -0.15) is 4.99 Å². The maximum absolute atomic E-state index is 13.5. The van der Waals surface area contributed by atoms with Crippen LogP contribution in [0.4, 0.5) is 4.39 Å². The van der Waals surface area contributed by atoms with E-state index in [-0.39, 0.29) is 18.3 Å². The number of esters is 1. The van der Waals surface area contributed by atoms with Crippen LogP contribution in [0.15, 0.2) is 23.2 Å². The van der Waals surface area contributed by atoms with Crippen LogP contribution in [-0.4, -0.2) is 23.6 Å². The third-order valence-corrected chi connectivity index (χ3v) is 5.91. The monoisotopic (exact) mass is 378 g/mol. The molecule has 0 aliphatic heterocycles. The molecular weight excluding hydrogens is 355 g/mol. The fourth-order valence-electron chi connectivity index (χ4n) is 3.44. The van der Waals surface area contributed by atoms with Gasteiger partial charge in [-0.1, -0.05) is 43.4 Å². The number of thiazole rings is 1. The third-order valence-electron chi connectivity index (χ3n) is 4.87. The first-order valence-corrected chi connectivity index (χ1v) is 9.81. The first kappa shape index (κ1) is 18.8. The summed E-state index contributed by atoms with van der Waals surface area (Å²) in [6, 6.07) is 4.31. The van der Waals surface area contributed by atoms with E-state index in [9.17, 15) is 14.0 Å². The highest BCUT2D eigenvalue weighted by atomic mass is 32.1. The van der Waals surface area contributed by atoms with Crippen molar-refractivity contribution in [2.75, 3.05) is 7.11 Å². The molecule has 0 spiro atoms. The van der Waals surface area contributed by atoms with E-state index in [1.54, 1.807) is 10.6 Å². The summed E-state index contributed by atoms with van der Waals surface area (Å²) < 4.78 is 20.5. The van der Waals surface area contributed by atoms with Crippen molar-refractivity contribution < 1.29 is 18.7 Å². The molecule has 1 fully saturated rings. The topological polar surface area (TPSA) is 60.7 Å². The van der Waals surface area contributed by atoms with Crippen molar-refractivity contribution in [2.45, 2.75) is 51.5 Å². The van der Waals surface area contributed by atoms with E-state index in [2.05, 4.69) is 4.99 Å². The van der Waals surface area contributed by atoms with Crippen molar-refractivity contribution in [3.8, 4) is 0 Å². The van der Waals surface area contributed by atoms with Gasteiger partial charge in [0.15, 0.2) is 4.80 Å². The molecule has 0 saturated heterocycles. The quantitative estimate of drug-likeness (QED) is 0.744. The van der Waals surface area contributed by atoms with Crippen LogP contribution in [0.1, 0.15) is 44.9 Å². The minimum atomic E-state index is -0.440. The van der Waals surface area contributed by atoms with Crippen LogP contribution in [0, 0.1) is 11.7 Å². The highest BCUT2D eigenvalue weighted by Gasteiger charge is 2.16. The summed E-state index contributed by atoms with van der Waals surface area (Å²) >= 11 is 1.21. The van der Waals surface area contributed by atoms with Crippen LogP contribution in [0.5, 0.6) is 0 Å². The Morgan fingerprint density at radius 2 is 2.08 bits per heavy atom. The fourth-order valence-corrected chi connectivity index (χ4v) is 4.52. The molecular formula is C19H23FN2O3S. The van der Waals surface area contributed by atoms with Gasteiger partial charge in [0, 0.05) is 6.42 Å². The zero-order valence-corrected chi connectivity index (χ0v) is 15.7. The second kappa shape index (κ2) is 8.58. The van der Waals surface area contributed by atoms with E-state index < -0.39 is 5.97 Å². The Hall–Kier alpha value is -2.02. The van der Waals surface area contributed by atoms with Crippen molar-refractivity contribution in [1.29, 1.82) is 0 Å². The Balaban J connectivity index is 1.84. The van der Waals surface area contributed by atoms with Gasteiger partial charge in [0.2, 0.25) is 5.91 Å². The second-order valence-electron chi connectivity index (χ2n) is 6.71. The Labute approximate surface area is 155 Å². The number of halogens is 1. The number of aromatic nitrogens is 1. The molecule has 1 aromatic carbocycles. The molecule has 140 valence electrons.